The van der Waals surface area contributed by atoms with Crippen molar-refractivity contribution in [3.63, 3.8) is 0 Å². The smallest absolute Gasteiger partial charge is 0.300 e. The summed E-state index contributed by atoms with van der Waals surface area (Å²) in [6.45, 7) is 7.50. The summed E-state index contributed by atoms with van der Waals surface area (Å²) in [6, 6.07) is 1.09. The zero-order valence-corrected chi connectivity index (χ0v) is 11.4. The van der Waals surface area contributed by atoms with Crippen molar-refractivity contribution in [3.8, 4) is 0 Å². The van der Waals surface area contributed by atoms with E-state index in [1.807, 2.05) is 13.8 Å². The number of nitrogens with zero attached hydrogens (tertiary/aromatic N) is 3. The minimum Gasteiger partial charge on any atom is -0.332 e. The van der Waals surface area contributed by atoms with Crippen LogP contribution < -0.4 is 0 Å². The first-order valence-electron chi connectivity index (χ1n) is 5.60. The van der Waals surface area contributed by atoms with Gasteiger partial charge in [0, 0.05) is 12.6 Å². The molecule has 1 heterocycles. The van der Waals surface area contributed by atoms with Gasteiger partial charge in [0.1, 0.15) is 16.9 Å². The fourth-order valence-corrected chi connectivity index (χ4v) is 1.72. The topological polar surface area (TPSA) is 76.3 Å². The first-order chi connectivity index (χ1) is 8.88. The predicted molar refractivity (Wildman–Crippen MR) is 72.3 cm³/mol. The van der Waals surface area contributed by atoms with Crippen molar-refractivity contribution in [2.75, 3.05) is 6.54 Å². The molecule has 1 aromatic heterocycles. The molecule has 0 bridgehead atoms. The van der Waals surface area contributed by atoms with Crippen LogP contribution in [0.2, 0.25) is 5.15 Å². The number of hydrogen-bond acceptors (Lipinski definition) is 4. The molecule has 0 N–H and O–H groups in total. The molecule has 1 aromatic rings. The summed E-state index contributed by atoms with van der Waals surface area (Å²) in [5.74, 6) is -0.467. The zero-order valence-electron chi connectivity index (χ0n) is 10.7. The Bertz CT molecular complexity index is 517. The Morgan fingerprint density at radius 1 is 1.68 bits per heavy atom. The standard InChI is InChI=1S/C12H14ClN3O3/c1-4-5-15(8(2)3)12(17)9-6-11(13)14-7-10(9)16(18)19/h4,6-8H,1,5H2,2-3H3. The molecule has 0 saturated carbocycles. The number of hydrogen-bond donors (Lipinski definition) is 0. The Morgan fingerprint density at radius 3 is 2.79 bits per heavy atom. The second-order valence-electron chi connectivity index (χ2n) is 4.12. The molecule has 0 aliphatic heterocycles. The van der Waals surface area contributed by atoms with E-state index in [9.17, 15) is 14.9 Å². The van der Waals surface area contributed by atoms with E-state index in [1.54, 1.807) is 6.08 Å². The Morgan fingerprint density at radius 2 is 2.32 bits per heavy atom. The normalized spacial score (nSPS) is 10.3. The molecule has 1 rings (SSSR count). The molecule has 0 aliphatic rings. The summed E-state index contributed by atoms with van der Waals surface area (Å²) in [5.41, 5.74) is -0.426. The molecule has 0 atom stereocenters. The summed E-state index contributed by atoms with van der Waals surface area (Å²) in [4.78, 5) is 27.7. The third-order valence-electron chi connectivity index (χ3n) is 2.49. The number of pyridine rings is 1. The average molecular weight is 284 g/mol. The van der Waals surface area contributed by atoms with E-state index in [0.717, 1.165) is 6.20 Å². The average Bonchev–Trinajstić information content (AvgIpc) is 2.34. The van der Waals surface area contributed by atoms with Gasteiger partial charge >= 0.3 is 0 Å². The van der Waals surface area contributed by atoms with Gasteiger partial charge < -0.3 is 4.90 Å². The van der Waals surface area contributed by atoms with Gasteiger partial charge in [0.15, 0.2) is 0 Å². The van der Waals surface area contributed by atoms with Gasteiger partial charge in [-0.15, -0.1) is 6.58 Å². The molecule has 0 radical (unpaired) electrons. The number of amides is 1. The van der Waals surface area contributed by atoms with E-state index in [4.69, 9.17) is 11.6 Å². The van der Waals surface area contributed by atoms with E-state index in [1.165, 1.54) is 11.0 Å². The lowest BCUT2D eigenvalue weighted by Gasteiger charge is -2.25. The van der Waals surface area contributed by atoms with Crippen LogP contribution in [0.15, 0.2) is 24.9 Å². The van der Waals surface area contributed by atoms with Crippen molar-refractivity contribution in [2.24, 2.45) is 0 Å². The Balaban J connectivity index is 3.26. The fourth-order valence-electron chi connectivity index (χ4n) is 1.56. The number of halogens is 1. The largest absolute Gasteiger partial charge is 0.332 e. The first-order valence-corrected chi connectivity index (χ1v) is 5.98. The maximum atomic E-state index is 12.3. The van der Waals surface area contributed by atoms with Crippen molar-refractivity contribution < 1.29 is 9.72 Å². The lowest BCUT2D eigenvalue weighted by Crippen LogP contribution is -2.37. The SMILES string of the molecule is C=CCN(C(=O)c1cc(Cl)ncc1[N+](=O)[O-])C(C)C. The molecule has 0 spiro atoms. The van der Waals surface area contributed by atoms with Gasteiger partial charge in [-0.2, -0.15) is 0 Å². The molecule has 0 unspecified atom stereocenters. The predicted octanol–water partition coefficient (Wildman–Crippen LogP) is 2.68. The lowest BCUT2D eigenvalue weighted by atomic mass is 10.1. The van der Waals surface area contributed by atoms with Crippen LogP contribution in [0, 0.1) is 10.1 Å². The minimum atomic E-state index is -0.650. The van der Waals surface area contributed by atoms with Crippen LogP contribution in [0.3, 0.4) is 0 Å². The quantitative estimate of drug-likeness (QED) is 0.360. The highest BCUT2D eigenvalue weighted by molar-refractivity contribution is 6.29. The van der Waals surface area contributed by atoms with Crippen molar-refractivity contribution >= 4 is 23.2 Å². The molecule has 6 nitrogen and oxygen atoms in total. The van der Waals surface area contributed by atoms with Gasteiger partial charge in [-0.25, -0.2) is 4.98 Å². The third kappa shape index (κ3) is 3.51. The van der Waals surface area contributed by atoms with E-state index in [2.05, 4.69) is 11.6 Å². The summed E-state index contributed by atoms with van der Waals surface area (Å²) in [7, 11) is 0. The summed E-state index contributed by atoms with van der Waals surface area (Å²) < 4.78 is 0. The van der Waals surface area contributed by atoms with Gasteiger partial charge in [-0.1, -0.05) is 17.7 Å². The van der Waals surface area contributed by atoms with Gasteiger partial charge in [-0.3, -0.25) is 14.9 Å². The number of aromatic nitrogens is 1. The van der Waals surface area contributed by atoms with E-state index < -0.39 is 10.8 Å². The first kappa shape index (κ1) is 15.1. The van der Waals surface area contributed by atoms with Crippen LogP contribution >= 0.6 is 11.6 Å². The van der Waals surface area contributed by atoms with E-state index >= 15 is 0 Å². The molecule has 0 saturated heterocycles. The summed E-state index contributed by atoms with van der Waals surface area (Å²) in [6.07, 6.45) is 2.55. The third-order valence-corrected chi connectivity index (χ3v) is 2.69. The van der Waals surface area contributed by atoms with Crippen LogP contribution in [0.1, 0.15) is 24.2 Å². The summed E-state index contributed by atoms with van der Waals surface area (Å²) >= 11 is 5.70. The van der Waals surface area contributed by atoms with Gasteiger partial charge in [0.25, 0.3) is 11.6 Å². The molecular weight excluding hydrogens is 270 g/mol. The zero-order chi connectivity index (χ0) is 14.6. The molecule has 1 amide bonds. The molecule has 0 aromatic carbocycles. The van der Waals surface area contributed by atoms with E-state index in [-0.39, 0.29) is 22.4 Å². The van der Waals surface area contributed by atoms with Crippen molar-refractivity contribution in [2.45, 2.75) is 19.9 Å². The fraction of sp³-hybridized carbons (Fsp3) is 0.333. The maximum Gasteiger partial charge on any atom is 0.300 e. The Hall–Kier alpha value is -1.95. The van der Waals surface area contributed by atoms with Crippen molar-refractivity contribution in [3.05, 3.63) is 45.7 Å². The Labute approximate surface area is 115 Å². The van der Waals surface area contributed by atoms with Crippen LogP contribution in [0.25, 0.3) is 0 Å². The molecule has 7 heteroatoms. The molecule has 0 aliphatic carbocycles. The molecule has 0 fully saturated rings. The van der Waals surface area contributed by atoms with Crippen LogP contribution in [-0.2, 0) is 0 Å². The second kappa shape index (κ2) is 6.29. The van der Waals surface area contributed by atoms with Crippen LogP contribution in [0.4, 0.5) is 5.69 Å². The van der Waals surface area contributed by atoms with Gasteiger partial charge in [-0.05, 0) is 19.9 Å². The highest BCUT2D eigenvalue weighted by atomic mass is 35.5. The number of carbonyl (C=O) groups is 1. The van der Waals surface area contributed by atoms with Crippen LogP contribution in [0.5, 0.6) is 0 Å². The Kier molecular flexibility index (Phi) is 5.00. The number of carbonyl (C=O) groups excluding carboxylic acids is 1. The summed E-state index contributed by atoms with van der Waals surface area (Å²) in [5, 5.41) is 11.0. The maximum absolute atomic E-state index is 12.3. The minimum absolute atomic E-state index is 0.0382. The number of rotatable bonds is 5. The number of nitro groups is 1. The molecule has 19 heavy (non-hydrogen) atoms. The lowest BCUT2D eigenvalue weighted by molar-refractivity contribution is -0.385. The second-order valence-corrected chi connectivity index (χ2v) is 4.51. The van der Waals surface area contributed by atoms with E-state index in [0.29, 0.717) is 6.54 Å². The molecule has 102 valence electrons. The van der Waals surface area contributed by atoms with Crippen LogP contribution in [-0.4, -0.2) is 33.3 Å². The highest BCUT2D eigenvalue weighted by Crippen LogP contribution is 2.22. The monoisotopic (exact) mass is 283 g/mol. The van der Waals surface area contributed by atoms with Crippen molar-refractivity contribution in [1.82, 2.24) is 9.88 Å². The molecular formula is C12H14ClN3O3. The van der Waals surface area contributed by atoms with Crippen molar-refractivity contribution in [1.29, 1.82) is 0 Å². The van der Waals surface area contributed by atoms with Gasteiger partial charge in [0.2, 0.25) is 0 Å². The van der Waals surface area contributed by atoms with Gasteiger partial charge in [0.05, 0.1) is 4.92 Å². The highest BCUT2D eigenvalue weighted by Gasteiger charge is 2.26.